The van der Waals surface area contributed by atoms with Gasteiger partial charge in [-0.3, -0.25) is 39.4 Å². The third kappa shape index (κ3) is 15.3. The number of azo groups is 2. The van der Waals surface area contributed by atoms with E-state index in [2.05, 4.69) is 31.1 Å². The van der Waals surface area contributed by atoms with Crippen LogP contribution < -0.4 is 20.1 Å². The Morgan fingerprint density at radius 3 is 1.20 bits per heavy atom. The van der Waals surface area contributed by atoms with Crippen LogP contribution in [0.3, 0.4) is 0 Å². The van der Waals surface area contributed by atoms with Crippen molar-refractivity contribution in [2.75, 3.05) is 24.9 Å². The molecule has 316 valence electrons. The van der Waals surface area contributed by atoms with Gasteiger partial charge in [0.1, 0.15) is 66.1 Å². The number of nitro groups is 2. The standard InChI is InChI=1S/2C17H16N4O8S.Ba/c2*1-10(22)8-16(23)18-17-13(4-3-5-15(17)29-2)20-19-12-7-6-11(30(26,27)28)9-14(12)21(24)25;/h2*3-7,9H,8H2,1-2H3,(H,18,23)(H,26,27,28);/q;;+2/p-2. The van der Waals surface area contributed by atoms with Crippen molar-refractivity contribution in [3.05, 3.63) is 93.0 Å². The van der Waals surface area contributed by atoms with Gasteiger partial charge < -0.3 is 29.2 Å². The second-order valence-corrected chi connectivity index (χ2v) is 14.4. The van der Waals surface area contributed by atoms with Crippen LogP contribution in [0.1, 0.15) is 26.7 Å². The van der Waals surface area contributed by atoms with Crippen LogP contribution in [0.5, 0.6) is 11.5 Å². The number of amides is 2. The minimum absolute atomic E-state index is 0. The molecule has 4 aromatic carbocycles. The average molecular weight is 1010 g/mol. The molecule has 0 saturated heterocycles. The van der Waals surface area contributed by atoms with Gasteiger partial charge in [0.15, 0.2) is 11.4 Å². The summed E-state index contributed by atoms with van der Waals surface area (Å²) in [5.41, 5.74) is -1.87. The number of ketones is 2. The Kier molecular flexibility index (Phi) is 19.1. The quantitative estimate of drug-likeness (QED) is 0.0359. The van der Waals surface area contributed by atoms with Gasteiger partial charge in [-0.2, -0.15) is 0 Å². The van der Waals surface area contributed by atoms with Gasteiger partial charge in [0.2, 0.25) is 11.8 Å². The minimum atomic E-state index is -4.90. The van der Waals surface area contributed by atoms with E-state index in [1.807, 2.05) is 0 Å². The molecule has 0 heterocycles. The number of ether oxygens (including phenoxy) is 2. The van der Waals surface area contributed by atoms with E-state index in [1.165, 1.54) is 64.5 Å². The Labute approximate surface area is 385 Å². The predicted octanol–water partition coefficient (Wildman–Crippen LogP) is 5.30. The van der Waals surface area contributed by atoms with Gasteiger partial charge in [-0.15, -0.1) is 20.5 Å². The summed E-state index contributed by atoms with van der Waals surface area (Å²) in [4.78, 5) is 65.2. The first-order chi connectivity index (χ1) is 28.0. The Bertz CT molecular complexity index is 2480. The molecule has 0 aromatic heterocycles. The zero-order chi connectivity index (χ0) is 44.9. The molecule has 0 fully saturated rings. The first kappa shape index (κ1) is 51.3. The second kappa shape index (κ2) is 22.7. The number of hydrogen-bond donors (Lipinski definition) is 2. The molecule has 2 N–H and O–H groups in total. The molecule has 0 saturated carbocycles. The fourth-order valence-corrected chi connectivity index (χ4v) is 5.59. The molecule has 0 unspecified atom stereocenters. The number of methoxy groups -OCH3 is 2. The van der Waals surface area contributed by atoms with Crippen molar-refractivity contribution in [2.45, 2.75) is 36.5 Å². The molecular formula is C34H30BaN8O16S2. The zero-order valence-corrected chi connectivity index (χ0v) is 38.2. The molecule has 61 heavy (non-hydrogen) atoms. The van der Waals surface area contributed by atoms with Crippen molar-refractivity contribution in [3.63, 3.8) is 0 Å². The van der Waals surface area contributed by atoms with Gasteiger partial charge >= 0.3 is 48.9 Å². The average Bonchev–Trinajstić information content (AvgIpc) is 3.15. The summed E-state index contributed by atoms with van der Waals surface area (Å²) in [6, 6.07) is 13.7. The van der Waals surface area contributed by atoms with Crippen LogP contribution in [0.2, 0.25) is 0 Å². The summed E-state index contributed by atoms with van der Waals surface area (Å²) in [6.45, 7) is 2.49. The number of nitro benzene ring substituents is 2. The zero-order valence-electron chi connectivity index (χ0n) is 32.1. The number of Topliss-reactive ketones (excluding diaryl/α,β-unsaturated/α-hetero) is 2. The molecule has 2 amide bonds. The maximum atomic E-state index is 12.0. The number of carbonyl (C=O) groups excluding carboxylic acids is 4. The minimum Gasteiger partial charge on any atom is -0.744 e. The monoisotopic (exact) mass is 1010 g/mol. The number of benzene rings is 4. The molecule has 4 rings (SSSR count). The van der Waals surface area contributed by atoms with Gasteiger partial charge in [0.25, 0.3) is 11.4 Å². The maximum Gasteiger partial charge on any atom is 2.00 e. The molecule has 0 aliphatic rings. The molecule has 0 aliphatic carbocycles. The van der Waals surface area contributed by atoms with E-state index in [0.29, 0.717) is 12.1 Å². The van der Waals surface area contributed by atoms with Gasteiger partial charge in [-0.1, -0.05) is 12.1 Å². The number of nitrogens with one attached hydrogen (secondary N) is 2. The van der Waals surface area contributed by atoms with E-state index in [1.54, 1.807) is 0 Å². The molecule has 24 nitrogen and oxygen atoms in total. The third-order valence-electron chi connectivity index (χ3n) is 7.19. The van der Waals surface area contributed by atoms with Crippen molar-refractivity contribution >= 4 is 138 Å². The summed E-state index contributed by atoms with van der Waals surface area (Å²) >= 11 is 0. The predicted molar refractivity (Wildman–Crippen MR) is 210 cm³/mol. The first-order valence-corrected chi connectivity index (χ1v) is 19.1. The number of carbonyl (C=O) groups is 4. The van der Waals surface area contributed by atoms with Gasteiger partial charge in [-0.25, -0.2) is 16.8 Å². The fourth-order valence-electron chi connectivity index (χ4n) is 4.61. The number of nitrogens with zero attached hydrogens (tertiary/aromatic N) is 6. The van der Waals surface area contributed by atoms with E-state index in [-0.39, 0.29) is 119 Å². The Balaban J connectivity index is 0.000000413. The van der Waals surface area contributed by atoms with Crippen LogP contribution in [0.15, 0.2) is 103 Å². The number of rotatable bonds is 16. The summed E-state index contributed by atoms with van der Waals surface area (Å²) < 4.78 is 76.8. The third-order valence-corrected chi connectivity index (χ3v) is 8.85. The second-order valence-electron chi connectivity index (χ2n) is 11.7. The summed E-state index contributed by atoms with van der Waals surface area (Å²) in [5.74, 6) is -1.58. The van der Waals surface area contributed by atoms with Crippen LogP contribution in [0.4, 0.5) is 45.5 Å². The summed E-state index contributed by atoms with van der Waals surface area (Å²) in [5, 5.41) is 42.6. The SMILES string of the molecule is COc1cccc(N=Nc2ccc(S(=O)(=O)[O-])cc2[N+](=O)[O-])c1NC(=O)CC(C)=O.COc1cccc(N=Nc2ccc(S(=O)(=O)[O-])cc2[N+](=O)[O-])c1NC(=O)CC(C)=O.[Ba+2]. The molecule has 4 aromatic rings. The van der Waals surface area contributed by atoms with Gasteiger partial charge in [-0.05, 0) is 62.4 Å². The topological polar surface area (TPSA) is 361 Å². The van der Waals surface area contributed by atoms with E-state index in [0.717, 1.165) is 24.3 Å². The van der Waals surface area contributed by atoms with Crippen LogP contribution >= 0.6 is 0 Å². The van der Waals surface area contributed by atoms with Gasteiger partial charge in [0.05, 0.1) is 46.7 Å². The smallest absolute Gasteiger partial charge is 0.744 e. The van der Waals surface area contributed by atoms with Crippen molar-refractivity contribution < 1.29 is 64.4 Å². The van der Waals surface area contributed by atoms with Crippen molar-refractivity contribution in [2.24, 2.45) is 20.5 Å². The number of hydrogen-bond acceptors (Lipinski definition) is 20. The van der Waals surface area contributed by atoms with Crippen molar-refractivity contribution in [1.82, 2.24) is 0 Å². The van der Waals surface area contributed by atoms with Crippen LogP contribution in [0.25, 0.3) is 0 Å². The Morgan fingerprint density at radius 1 is 0.590 bits per heavy atom. The van der Waals surface area contributed by atoms with Crippen LogP contribution in [-0.4, -0.2) is 122 Å². The molecule has 0 bridgehead atoms. The van der Waals surface area contributed by atoms with Gasteiger partial charge in [0, 0.05) is 12.1 Å². The maximum absolute atomic E-state index is 12.0. The van der Waals surface area contributed by atoms with E-state index < -0.39 is 63.1 Å². The molecule has 0 atom stereocenters. The van der Waals surface area contributed by atoms with E-state index in [4.69, 9.17) is 9.47 Å². The van der Waals surface area contributed by atoms with Crippen LogP contribution in [0, 0.1) is 20.2 Å². The summed E-state index contributed by atoms with van der Waals surface area (Å²) in [6.07, 6.45) is -0.767. The first-order valence-electron chi connectivity index (χ1n) is 16.3. The molecule has 0 aliphatic heterocycles. The Morgan fingerprint density at radius 2 is 0.918 bits per heavy atom. The van der Waals surface area contributed by atoms with E-state index >= 15 is 0 Å². The molecule has 0 radical (unpaired) electrons. The van der Waals surface area contributed by atoms with Crippen molar-refractivity contribution in [1.29, 1.82) is 0 Å². The molecule has 0 spiro atoms. The summed E-state index contributed by atoms with van der Waals surface area (Å²) in [7, 11) is -7.13. The van der Waals surface area contributed by atoms with Crippen LogP contribution in [-0.2, 0) is 39.4 Å². The normalized spacial score (nSPS) is 11.1. The van der Waals surface area contributed by atoms with E-state index in [9.17, 15) is 65.3 Å². The largest absolute Gasteiger partial charge is 2.00 e. The van der Waals surface area contributed by atoms with Crippen molar-refractivity contribution in [3.8, 4) is 11.5 Å². The molecule has 27 heteroatoms. The fraction of sp³-hybridized carbons (Fsp3) is 0.176. The number of para-hydroxylation sites is 2. The number of anilines is 2. The Hall–Kier alpha value is -5.85. The molecular weight excluding hydrogens is 978 g/mol.